The Morgan fingerprint density at radius 3 is 1.84 bits per heavy atom. The first-order valence-electron chi connectivity index (χ1n) is 15.0. The molecule has 0 aliphatic rings. The number of benzene rings is 5. The van der Waals surface area contributed by atoms with Crippen molar-refractivity contribution in [3.05, 3.63) is 138 Å². The fourth-order valence-corrected chi connectivity index (χ4v) is 4.58. The molecule has 0 atom stereocenters. The largest absolute Gasteiger partial charge is 0.490 e. The van der Waals surface area contributed by atoms with Gasteiger partial charge in [-0.2, -0.15) is 0 Å². The molecule has 252 valence electrons. The number of hydrogen-bond acceptors (Lipinski definition) is 9. The van der Waals surface area contributed by atoms with E-state index < -0.39 is 17.8 Å². The zero-order chi connectivity index (χ0) is 35.3. The number of amides is 1. The van der Waals surface area contributed by atoms with Crippen LogP contribution in [0.2, 0.25) is 0 Å². The van der Waals surface area contributed by atoms with Gasteiger partial charge in [0.25, 0.3) is 5.91 Å². The maximum absolute atomic E-state index is 12.8. The van der Waals surface area contributed by atoms with Gasteiger partial charge in [-0.05, 0) is 103 Å². The minimum atomic E-state index is -1.27. The highest BCUT2D eigenvalue weighted by Crippen LogP contribution is 2.26. The fourth-order valence-electron chi connectivity index (χ4n) is 4.58. The van der Waals surface area contributed by atoms with Crippen LogP contribution in [-0.2, 0) is 11.4 Å². The molecule has 0 spiro atoms. The lowest BCUT2D eigenvalue weighted by Gasteiger charge is -2.13. The third-order valence-electron chi connectivity index (χ3n) is 6.93. The van der Waals surface area contributed by atoms with Crippen LogP contribution in [-0.4, -0.2) is 41.3 Å². The summed E-state index contributed by atoms with van der Waals surface area (Å²) in [5.74, 6) is -0.668. The second-order valence-electron chi connectivity index (χ2n) is 10.4. The summed E-state index contributed by atoms with van der Waals surface area (Å²) in [4.78, 5) is 41.8. The Bertz CT molecular complexity index is 1990. The van der Waals surface area contributed by atoms with Crippen LogP contribution in [0.15, 0.2) is 115 Å². The van der Waals surface area contributed by atoms with Crippen molar-refractivity contribution in [3.8, 4) is 41.3 Å². The molecule has 5 aromatic rings. The van der Waals surface area contributed by atoms with Crippen LogP contribution in [0.25, 0.3) is 0 Å². The molecule has 12 nitrogen and oxygen atoms in total. The van der Waals surface area contributed by atoms with Crippen molar-refractivity contribution in [3.63, 3.8) is 0 Å². The van der Waals surface area contributed by atoms with E-state index in [0.717, 1.165) is 5.75 Å². The van der Waals surface area contributed by atoms with Crippen molar-refractivity contribution in [1.29, 1.82) is 0 Å². The molecule has 5 rings (SSSR count). The number of carboxylic acid groups (broad SMARTS) is 2. The Balaban J connectivity index is 1.11. The molecule has 0 fully saturated rings. The molecular weight excluding hydrogens is 644 g/mol. The summed E-state index contributed by atoms with van der Waals surface area (Å²) >= 11 is 0. The lowest BCUT2D eigenvalue weighted by atomic mass is 10.1. The number of rotatable bonds is 16. The van der Waals surface area contributed by atoms with Crippen LogP contribution in [0.3, 0.4) is 0 Å². The third kappa shape index (κ3) is 9.54. The maximum atomic E-state index is 12.8. The zero-order valence-electron chi connectivity index (χ0n) is 26.3. The van der Waals surface area contributed by atoms with Crippen LogP contribution in [0, 0.1) is 12.5 Å². The first-order chi connectivity index (χ1) is 24.3. The van der Waals surface area contributed by atoms with Crippen molar-refractivity contribution in [2.75, 3.05) is 24.0 Å². The van der Waals surface area contributed by atoms with Gasteiger partial charge in [-0.1, -0.05) is 24.6 Å². The van der Waals surface area contributed by atoms with E-state index >= 15 is 0 Å². The number of aromatic carboxylic acids is 2. The number of ether oxygens (including phenoxy) is 4. The molecule has 0 saturated heterocycles. The van der Waals surface area contributed by atoms with Crippen molar-refractivity contribution in [2.24, 2.45) is 0 Å². The standard InChI is InChI=1S/C38H30N2O10/c1-2-46-32-17-19-34(38(44)45)35(23-32)36(41)39-26-8-12-29(13-9-26)50-30-14-10-27(11-15-30)40-49-24-25-22-31(16-18-33(25)37(42)43)48-21-20-47-28-6-4-3-5-7-28/h1,3-19,22-23,40H,20-21,24H2,(H,39,41)(H,42,43)(H,44,45). The summed E-state index contributed by atoms with van der Waals surface area (Å²) in [7, 11) is 0. The predicted octanol–water partition coefficient (Wildman–Crippen LogP) is 7.10. The lowest BCUT2D eigenvalue weighted by Crippen LogP contribution is -2.16. The van der Waals surface area contributed by atoms with Crippen LogP contribution in [0.5, 0.6) is 28.7 Å². The van der Waals surface area contributed by atoms with E-state index in [2.05, 4.69) is 10.8 Å². The van der Waals surface area contributed by atoms with E-state index in [1.165, 1.54) is 24.3 Å². The van der Waals surface area contributed by atoms with Gasteiger partial charge in [0.05, 0.1) is 22.4 Å². The quantitative estimate of drug-likeness (QED) is 0.0480. The first kappa shape index (κ1) is 34.4. The summed E-state index contributed by atoms with van der Waals surface area (Å²) < 4.78 is 22.2. The summed E-state index contributed by atoms with van der Waals surface area (Å²) in [6, 6.07) is 31.2. The second-order valence-corrected chi connectivity index (χ2v) is 10.4. The maximum Gasteiger partial charge on any atom is 0.336 e. The van der Waals surface area contributed by atoms with Crippen LogP contribution >= 0.6 is 0 Å². The highest BCUT2D eigenvalue weighted by atomic mass is 16.6. The molecule has 0 heterocycles. The van der Waals surface area contributed by atoms with Gasteiger partial charge >= 0.3 is 11.9 Å². The molecule has 0 aliphatic carbocycles. The average Bonchev–Trinajstić information content (AvgIpc) is 3.12. The number of carboxylic acids is 2. The van der Waals surface area contributed by atoms with Crippen molar-refractivity contribution < 1.29 is 48.4 Å². The average molecular weight is 675 g/mol. The highest BCUT2D eigenvalue weighted by Gasteiger charge is 2.18. The topological polar surface area (TPSA) is 162 Å². The highest BCUT2D eigenvalue weighted by molar-refractivity contribution is 6.11. The van der Waals surface area contributed by atoms with E-state index in [1.54, 1.807) is 60.7 Å². The Labute approximate surface area is 286 Å². The van der Waals surface area contributed by atoms with Gasteiger partial charge < -0.3 is 34.5 Å². The van der Waals surface area contributed by atoms with Crippen LogP contribution in [0.1, 0.15) is 36.6 Å². The van der Waals surface area contributed by atoms with Crippen molar-refractivity contribution in [1.82, 2.24) is 0 Å². The normalized spacial score (nSPS) is 10.3. The van der Waals surface area contributed by atoms with E-state index in [9.17, 15) is 24.6 Å². The lowest BCUT2D eigenvalue weighted by molar-refractivity contribution is 0.0682. The second kappa shape index (κ2) is 16.7. The molecule has 0 aliphatic heterocycles. The minimum Gasteiger partial charge on any atom is -0.490 e. The number of carbonyl (C=O) groups excluding carboxylic acids is 1. The Morgan fingerprint density at radius 2 is 1.20 bits per heavy atom. The van der Waals surface area contributed by atoms with E-state index in [-0.39, 0.29) is 35.7 Å². The summed E-state index contributed by atoms with van der Waals surface area (Å²) in [6.07, 6.45) is 7.12. The van der Waals surface area contributed by atoms with E-state index in [0.29, 0.717) is 40.8 Å². The zero-order valence-corrected chi connectivity index (χ0v) is 26.3. The van der Waals surface area contributed by atoms with Crippen LogP contribution < -0.4 is 29.7 Å². The van der Waals surface area contributed by atoms with Gasteiger partial charge in [-0.25, -0.2) is 9.59 Å². The number of carbonyl (C=O) groups is 3. The molecule has 0 unspecified atom stereocenters. The first-order valence-corrected chi connectivity index (χ1v) is 15.0. The van der Waals surface area contributed by atoms with Crippen molar-refractivity contribution in [2.45, 2.75) is 6.61 Å². The molecule has 0 bridgehead atoms. The van der Waals surface area contributed by atoms with Gasteiger partial charge in [-0.3, -0.25) is 15.1 Å². The summed E-state index contributed by atoms with van der Waals surface area (Å²) in [6.45, 7) is 0.532. The monoisotopic (exact) mass is 674 g/mol. The fraction of sp³-hybridized carbons (Fsp3) is 0.0789. The molecular formula is C38H30N2O10. The molecule has 4 N–H and O–H groups in total. The van der Waals surface area contributed by atoms with E-state index in [1.807, 2.05) is 36.4 Å². The van der Waals surface area contributed by atoms with Crippen LogP contribution in [0.4, 0.5) is 11.4 Å². The number of anilines is 2. The Hall–Kier alpha value is -6.97. The number of hydrogen-bond donors (Lipinski definition) is 4. The van der Waals surface area contributed by atoms with Gasteiger partial charge in [0.2, 0.25) is 0 Å². The Morgan fingerprint density at radius 1 is 0.620 bits per heavy atom. The van der Waals surface area contributed by atoms with Gasteiger partial charge in [0.15, 0.2) is 0 Å². The predicted molar refractivity (Wildman–Crippen MR) is 183 cm³/mol. The smallest absolute Gasteiger partial charge is 0.336 e. The summed E-state index contributed by atoms with van der Waals surface area (Å²) in [5, 5.41) is 21.7. The molecule has 0 aromatic heterocycles. The van der Waals surface area contributed by atoms with Crippen molar-refractivity contribution >= 4 is 29.2 Å². The van der Waals surface area contributed by atoms with Gasteiger partial charge in [0, 0.05) is 5.69 Å². The molecule has 12 heteroatoms. The minimum absolute atomic E-state index is 0.0533. The molecule has 1 amide bonds. The van der Waals surface area contributed by atoms with E-state index in [4.69, 9.17) is 30.2 Å². The Kier molecular flexibility index (Phi) is 11.5. The number of terminal acetylenes is 1. The number of para-hydroxylation sites is 1. The van der Waals surface area contributed by atoms with Gasteiger partial charge in [0.1, 0.15) is 54.7 Å². The molecule has 5 aromatic carbocycles. The molecule has 0 saturated carbocycles. The van der Waals surface area contributed by atoms with Gasteiger partial charge in [-0.15, -0.1) is 0 Å². The summed E-state index contributed by atoms with van der Waals surface area (Å²) in [5.41, 5.74) is 3.97. The third-order valence-corrected chi connectivity index (χ3v) is 6.93. The molecule has 0 radical (unpaired) electrons. The SMILES string of the molecule is C#COc1ccc(C(=O)O)c(C(=O)Nc2ccc(Oc3ccc(NOCc4cc(OCCOc5ccccc5)ccc4C(=O)O)cc3)cc2)c1. The molecule has 50 heavy (non-hydrogen) atoms. The number of nitrogens with one attached hydrogen (secondary N) is 2.